The number of benzene rings is 1. The molecule has 4 rings (SSSR count). The van der Waals surface area contributed by atoms with E-state index in [-0.39, 0.29) is 12.2 Å². The summed E-state index contributed by atoms with van der Waals surface area (Å²) in [7, 11) is 1.80. The summed E-state index contributed by atoms with van der Waals surface area (Å²) in [6.45, 7) is 2.19. The highest BCUT2D eigenvalue weighted by atomic mass is 19.1. The lowest BCUT2D eigenvalue weighted by Crippen LogP contribution is -2.45. The van der Waals surface area contributed by atoms with E-state index in [0.717, 1.165) is 17.7 Å². The molecule has 0 bridgehead atoms. The minimum absolute atomic E-state index is 0.192. The number of urea groups is 1. The van der Waals surface area contributed by atoms with Crippen LogP contribution in [-0.2, 0) is 7.05 Å². The van der Waals surface area contributed by atoms with Crippen LogP contribution in [0, 0.1) is 23.5 Å². The maximum atomic E-state index is 14.1. The van der Waals surface area contributed by atoms with E-state index < -0.39 is 23.7 Å². The molecule has 1 aliphatic rings. The normalized spacial score (nSPS) is 13.5. The Morgan fingerprint density at radius 3 is 2.77 bits per heavy atom. The van der Waals surface area contributed by atoms with Gasteiger partial charge in [-0.15, -0.1) is 0 Å². The number of anilines is 1. The third-order valence-corrected chi connectivity index (χ3v) is 4.75. The zero-order valence-corrected chi connectivity index (χ0v) is 16.9. The zero-order valence-electron chi connectivity index (χ0n) is 16.9. The van der Waals surface area contributed by atoms with Gasteiger partial charge in [0.15, 0.2) is 0 Å². The van der Waals surface area contributed by atoms with E-state index in [4.69, 9.17) is 4.74 Å². The number of halogens is 2. The molecule has 0 radical (unpaired) electrons. The summed E-state index contributed by atoms with van der Waals surface area (Å²) < 4.78 is 34.4. The molecule has 158 valence electrons. The fraction of sp³-hybridized carbons (Fsp3) is 0.227. The Labute approximate surface area is 177 Å². The Hall–Kier alpha value is -3.93. The molecule has 1 N–H and O–H groups in total. The molecule has 3 aromatic rings. The summed E-state index contributed by atoms with van der Waals surface area (Å²) in [5.41, 5.74) is 2.01. The van der Waals surface area contributed by atoms with E-state index in [2.05, 4.69) is 27.2 Å². The summed E-state index contributed by atoms with van der Waals surface area (Å²) in [4.78, 5) is 18.6. The van der Waals surface area contributed by atoms with Crippen molar-refractivity contribution in [3.8, 4) is 17.7 Å². The van der Waals surface area contributed by atoms with Gasteiger partial charge in [0.1, 0.15) is 23.9 Å². The van der Waals surface area contributed by atoms with Crippen molar-refractivity contribution < 1.29 is 18.3 Å². The van der Waals surface area contributed by atoms with Crippen LogP contribution in [0.4, 0.5) is 19.3 Å². The van der Waals surface area contributed by atoms with Crippen LogP contribution in [0.5, 0.6) is 5.88 Å². The SMILES string of the molecule is C[C@H](NC(=O)N1CCOc2ncc(C#Cc3cnn(C)c3)cc21)c1ccc(F)cc1F. The lowest BCUT2D eigenvalue weighted by atomic mass is 10.1. The molecule has 0 spiro atoms. The molecule has 2 aromatic heterocycles. The Bertz CT molecular complexity index is 1200. The van der Waals surface area contributed by atoms with Crippen molar-refractivity contribution in [3.63, 3.8) is 0 Å². The summed E-state index contributed by atoms with van der Waals surface area (Å²) in [6.07, 6.45) is 5.01. The molecule has 7 nitrogen and oxygen atoms in total. The maximum Gasteiger partial charge on any atom is 0.322 e. The molecule has 2 amide bonds. The molecule has 0 fully saturated rings. The largest absolute Gasteiger partial charge is 0.474 e. The first kappa shape index (κ1) is 20.3. The molecule has 3 heterocycles. The van der Waals surface area contributed by atoms with Crippen LogP contribution in [0.15, 0.2) is 42.9 Å². The third-order valence-electron chi connectivity index (χ3n) is 4.75. The van der Waals surface area contributed by atoms with Crippen LogP contribution in [0.1, 0.15) is 29.7 Å². The lowest BCUT2D eigenvalue weighted by molar-refractivity contribution is 0.235. The number of pyridine rings is 1. The van der Waals surface area contributed by atoms with E-state index in [1.807, 2.05) is 0 Å². The van der Waals surface area contributed by atoms with Crippen molar-refractivity contribution in [1.29, 1.82) is 0 Å². The van der Waals surface area contributed by atoms with Gasteiger partial charge in [-0.05, 0) is 19.1 Å². The van der Waals surface area contributed by atoms with E-state index >= 15 is 0 Å². The molecule has 1 aliphatic heterocycles. The Morgan fingerprint density at radius 1 is 1.23 bits per heavy atom. The molecular weight excluding hydrogens is 404 g/mol. The number of ether oxygens (including phenoxy) is 1. The van der Waals surface area contributed by atoms with Gasteiger partial charge in [-0.2, -0.15) is 5.10 Å². The van der Waals surface area contributed by atoms with E-state index in [1.54, 1.807) is 43.3 Å². The van der Waals surface area contributed by atoms with Gasteiger partial charge in [0.05, 0.1) is 24.3 Å². The van der Waals surface area contributed by atoms with Crippen molar-refractivity contribution >= 4 is 11.7 Å². The van der Waals surface area contributed by atoms with Gasteiger partial charge >= 0.3 is 6.03 Å². The number of hydrogen-bond acceptors (Lipinski definition) is 4. The van der Waals surface area contributed by atoms with E-state index in [9.17, 15) is 13.6 Å². The predicted molar refractivity (Wildman–Crippen MR) is 110 cm³/mol. The molecule has 0 saturated carbocycles. The molecule has 0 unspecified atom stereocenters. The average Bonchev–Trinajstić information content (AvgIpc) is 3.16. The van der Waals surface area contributed by atoms with Crippen LogP contribution in [0.3, 0.4) is 0 Å². The van der Waals surface area contributed by atoms with Crippen molar-refractivity contribution in [2.75, 3.05) is 18.1 Å². The third kappa shape index (κ3) is 4.48. The highest BCUT2D eigenvalue weighted by molar-refractivity contribution is 5.94. The van der Waals surface area contributed by atoms with Gasteiger partial charge in [0.2, 0.25) is 5.88 Å². The monoisotopic (exact) mass is 423 g/mol. The number of hydrogen-bond donors (Lipinski definition) is 1. The number of amides is 2. The lowest BCUT2D eigenvalue weighted by Gasteiger charge is -2.30. The van der Waals surface area contributed by atoms with Crippen LogP contribution < -0.4 is 15.0 Å². The fourth-order valence-electron chi connectivity index (χ4n) is 3.20. The second-order valence-electron chi connectivity index (χ2n) is 7.04. The molecular formula is C22H19F2N5O2. The molecule has 0 saturated heterocycles. The maximum absolute atomic E-state index is 14.1. The minimum atomic E-state index is -0.718. The smallest absolute Gasteiger partial charge is 0.322 e. The quantitative estimate of drug-likeness (QED) is 0.643. The number of nitrogens with zero attached hydrogens (tertiary/aromatic N) is 4. The Balaban J connectivity index is 1.55. The first-order valence-electron chi connectivity index (χ1n) is 9.57. The average molecular weight is 423 g/mol. The summed E-state index contributed by atoms with van der Waals surface area (Å²) in [6, 6.07) is 3.87. The second-order valence-corrected chi connectivity index (χ2v) is 7.04. The number of aromatic nitrogens is 3. The number of aryl methyl sites for hydroxylation is 1. The van der Waals surface area contributed by atoms with Crippen molar-refractivity contribution in [1.82, 2.24) is 20.1 Å². The van der Waals surface area contributed by atoms with Crippen LogP contribution in [-0.4, -0.2) is 33.9 Å². The summed E-state index contributed by atoms with van der Waals surface area (Å²) in [5, 5.41) is 6.81. The zero-order chi connectivity index (χ0) is 22.0. The predicted octanol–water partition coefficient (Wildman–Crippen LogP) is 3.16. The van der Waals surface area contributed by atoms with Gasteiger partial charge in [-0.25, -0.2) is 18.6 Å². The molecule has 31 heavy (non-hydrogen) atoms. The summed E-state index contributed by atoms with van der Waals surface area (Å²) >= 11 is 0. The first-order valence-corrected chi connectivity index (χ1v) is 9.57. The number of rotatable bonds is 2. The highest BCUT2D eigenvalue weighted by Crippen LogP contribution is 2.30. The molecule has 1 atom stereocenters. The highest BCUT2D eigenvalue weighted by Gasteiger charge is 2.26. The van der Waals surface area contributed by atoms with Crippen molar-refractivity contribution in [2.24, 2.45) is 7.05 Å². The van der Waals surface area contributed by atoms with Crippen LogP contribution in [0.25, 0.3) is 0 Å². The summed E-state index contributed by atoms with van der Waals surface area (Å²) in [5.74, 6) is 4.91. The first-order chi connectivity index (χ1) is 14.9. The number of fused-ring (bicyclic) bond motifs is 1. The molecule has 1 aromatic carbocycles. The van der Waals surface area contributed by atoms with Crippen molar-refractivity contribution in [3.05, 3.63) is 71.2 Å². The van der Waals surface area contributed by atoms with Crippen LogP contribution in [0.2, 0.25) is 0 Å². The van der Waals surface area contributed by atoms with Gasteiger partial charge < -0.3 is 10.1 Å². The standard InChI is InChI=1S/C22H19F2N5O2/c1-14(18-6-5-17(23)10-19(18)24)27-22(30)29-7-8-31-21-20(29)9-15(11-25-21)3-4-16-12-26-28(2)13-16/h5-6,9-14H,7-8H2,1-2H3,(H,27,30)/t14-/m0/s1. The Morgan fingerprint density at radius 2 is 2.03 bits per heavy atom. The number of carbonyl (C=O) groups excluding carboxylic acids is 1. The van der Waals surface area contributed by atoms with Gasteiger partial charge in [0.25, 0.3) is 0 Å². The topological polar surface area (TPSA) is 72.3 Å². The second kappa shape index (κ2) is 8.44. The van der Waals surface area contributed by atoms with E-state index in [0.29, 0.717) is 23.7 Å². The number of carbonyl (C=O) groups is 1. The Kier molecular flexibility index (Phi) is 5.54. The van der Waals surface area contributed by atoms with Gasteiger partial charge in [-0.1, -0.05) is 17.9 Å². The van der Waals surface area contributed by atoms with E-state index in [1.165, 1.54) is 11.0 Å². The van der Waals surface area contributed by atoms with Gasteiger partial charge in [-0.3, -0.25) is 9.58 Å². The molecule has 0 aliphatic carbocycles. The fourth-order valence-corrected chi connectivity index (χ4v) is 3.20. The minimum Gasteiger partial charge on any atom is -0.474 e. The van der Waals surface area contributed by atoms with Crippen molar-refractivity contribution in [2.45, 2.75) is 13.0 Å². The van der Waals surface area contributed by atoms with Crippen LogP contribution >= 0.6 is 0 Å². The number of nitrogens with one attached hydrogen (secondary N) is 1. The van der Waals surface area contributed by atoms with Gasteiger partial charge in [0, 0.05) is 36.6 Å². The molecule has 9 heteroatoms.